The van der Waals surface area contributed by atoms with Crippen LogP contribution in [0.2, 0.25) is 0 Å². The third kappa shape index (κ3) is 4.14. The normalized spacial score (nSPS) is 15.0. The van der Waals surface area contributed by atoms with Gasteiger partial charge in [-0.05, 0) is 37.3 Å². The van der Waals surface area contributed by atoms with E-state index in [2.05, 4.69) is 10.3 Å². The summed E-state index contributed by atoms with van der Waals surface area (Å²) in [6.07, 6.45) is 1.74. The molecule has 0 amide bonds. The molecule has 8 nitrogen and oxygen atoms in total. The zero-order valence-electron chi connectivity index (χ0n) is 16.3. The Morgan fingerprint density at radius 1 is 1.13 bits per heavy atom. The van der Waals surface area contributed by atoms with Crippen LogP contribution in [0.15, 0.2) is 59.6 Å². The van der Waals surface area contributed by atoms with Gasteiger partial charge < -0.3 is 9.47 Å². The third-order valence-electron chi connectivity index (χ3n) is 4.73. The van der Waals surface area contributed by atoms with Gasteiger partial charge in [-0.2, -0.15) is 4.31 Å². The molecule has 1 aromatic heterocycles. The average Bonchev–Trinajstić information content (AvgIpc) is 3.16. The quantitative estimate of drug-likeness (QED) is 0.544. The molecule has 0 spiro atoms. The number of nitrogens with zero attached hydrogens (tertiary/aromatic N) is 4. The number of ether oxygens (including phenoxy) is 2. The largest absolute Gasteiger partial charge is 0.491 e. The standard InChI is InChI=1S/C20H21FN4O4S/c1-2-28-20-9-8-18(10-19(20)21)30(26,27)24-12-16(13-24)25-11-15(22-23-25)14-29-17-6-4-3-5-7-17/h3-11,16H,2,12-14H2,1H3. The number of hydrogen-bond acceptors (Lipinski definition) is 6. The van der Waals surface area contributed by atoms with Gasteiger partial charge in [-0.15, -0.1) is 5.10 Å². The van der Waals surface area contributed by atoms with Crippen molar-refractivity contribution >= 4 is 10.0 Å². The molecule has 0 radical (unpaired) electrons. The lowest BCUT2D eigenvalue weighted by Crippen LogP contribution is -2.50. The van der Waals surface area contributed by atoms with Crippen LogP contribution in [-0.4, -0.2) is 47.4 Å². The van der Waals surface area contributed by atoms with Gasteiger partial charge in [0.2, 0.25) is 10.0 Å². The van der Waals surface area contributed by atoms with Gasteiger partial charge in [-0.3, -0.25) is 0 Å². The fraction of sp³-hybridized carbons (Fsp3) is 0.300. The van der Waals surface area contributed by atoms with Crippen molar-refractivity contribution in [1.82, 2.24) is 19.3 Å². The van der Waals surface area contributed by atoms with E-state index in [-0.39, 0.29) is 36.4 Å². The zero-order valence-corrected chi connectivity index (χ0v) is 17.1. The van der Waals surface area contributed by atoms with Crippen LogP contribution in [0.5, 0.6) is 11.5 Å². The predicted octanol–water partition coefficient (Wildman–Crippen LogP) is 2.64. The van der Waals surface area contributed by atoms with E-state index >= 15 is 0 Å². The fourth-order valence-electron chi connectivity index (χ4n) is 3.08. The van der Waals surface area contributed by atoms with E-state index in [0.717, 1.165) is 11.8 Å². The summed E-state index contributed by atoms with van der Waals surface area (Å²) in [5, 5.41) is 8.15. The predicted molar refractivity (Wildman–Crippen MR) is 106 cm³/mol. The number of hydrogen-bond donors (Lipinski definition) is 0. The molecule has 2 aromatic carbocycles. The van der Waals surface area contributed by atoms with Crippen LogP contribution in [-0.2, 0) is 16.6 Å². The van der Waals surface area contributed by atoms with Crippen LogP contribution in [0.4, 0.5) is 4.39 Å². The van der Waals surface area contributed by atoms with E-state index in [1.807, 2.05) is 30.3 Å². The highest BCUT2D eigenvalue weighted by Crippen LogP contribution is 2.30. The van der Waals surface area contributed by atoms with Gasteiger partial charge in [-0.25, -0.2) is 17.5 Å². The van der Waals surface area contributed by atoms with Gasteiger partial charge in [0.25, 0.3) is 0 Å². The summed E-state index contributed by atoms with van der Waals surface area (Å²) in [4.78, 5) is -0.0996. The Morgan fingerprint density at radius 2 is 1.90 bits per heavy atom. The molecular weight excluding hydrogens is 411 g/mol. The summed E-state index contributed by atoms with van der Waals surface area (Å²) in [6, 6.07) is 12.9. The number of para-hydroxylation sites is 1. The van der Waals surface area contributed by atoms with Crippen molar-refractivity contribution in [3.63, 3.8) is 0 Å². The lowest BCUT2D eigenvalue weighted by molar-refractivity contribution is 0.188. The molecule has 0 atom stereocenters. The fourth-order valence-corrected chi connectivity index (χ4v) is 4.60. The van der Waals surface area contributed by atoms with Crippen LogP contribution in [0.3, 0.4) is 0 Å². The van der Waals surface area contributed by atoms with Gasteiger partial charge in [0.15, 0.2) is 11.6 Å². The van der Waals surface area contributed by atoms with Gasteiger partial charge in [0, 0.05) is 13.1 Å². The second-order valence-electron chi connectivity index (χ2n) is 6.79. The van der Waals surface area contributed by atoms with Crippen molar-refractivity contribution in [1.29, 1.82) is 0 Å². The molecule has 4 rings (SSSR count). The molecule has 1 saturated heterocycles. The maximum absolute atomic E-state index is 14.1. The number of benzene rings is 2. The highest BCUT2D eigenvalue weighted by Gasteiger charge is 2.38. The minimum atomic E-state index is -3.79. The second kappa shape index (κ2) is 8.41. The molecule has 1 aliphatic rings. The highest BCUT2D eigenvalue weighted by atomic mass is 32.2. The van der Waals surface area contributed by atoms with Gasteiger partial charge in [-0.1, -0.05) is 23.4 Å². The van der Waals surface area contributed by atoms with Gasteiger partial charge >= 0.3 is 0 Å². The topological polar surface area (TPSA) is 86.6 Å². The van der Waals surface area contributed by atoms with E-state index in [0.29, 0.717) is 12.3 Å². The van der Waals surface area contributed by atoms with Crippen molar-refractivity contribution in [2.45, 2.75) is 24.5 Å². The number of sulfonamides is 1. The van der Waals surface area contributed by atoms with Crippen molar-refractivity contribution in [2.24, 2.45) is 0 Å². The van der Waals surface area contributed by atoms with E-state index in [4.69, 9.17) is 9.47 Å². The summed E-state index contributed by atoms with van der Waals surface area (Å²) in [5.74, 6) is 0.0654. The highest BCUT2D eigenvalue weighted by molar-refractivity contribution is 7.89. The maximum Gasteiger partial charge on any atom is 0.243 e. The maximum atomic E-state index is 14.1. The minimum Gasteiger partial charge on any atom is -0.491 e. The van der Waals surface area contributed by atoms with Gasteiger partial charge in [0.1, 0.15) is 18.1 Å². The second-order valence-corrected chi connectivity index (χ2v) is 8.73. The third-order valence-corrected chi connectivity index (χ3v) is 6.56. The lowest BCUT2D eigenvalue weighted by Gasteiger charge is -2.37. The summed E-state index contributed by atoms with van der Waals surface area (Å²) >= 11 is 0. The van der Waals surface area contributed by atoms with Crippen molar-refractivity contribution in [3.05, 3.63) is 66.2 Å². The SMILES string of the molecule is CCOc1ccc(S(=O)(=O)N2CC(n3cc(COc4ccccc4)nn3)C2)cc1F. The summed E-state index contributed by atoms with van der Waals surface area (Å²) in [6.45, 7) is 2.77. The molecule has 30 heavy (non-hydrogen) atoms. The zero-order chi connectivity index (χ0) is 21.1. The molecule has 2 heterocycles. The molecule has 0 saturated carbocycles. The summed E-state index contributed by atoms with van der Waals surface area (Å²) < 4.78 is 53.2. The van der Waals surface area contributed by atoms with Crippen LogP contribution >= 0.6 is 0 Å². The van der Waals surface area contributed by atoms with E-state index in [1.54, 1.807) is 17.8 Å². The Kier molecular flexibility index (Phi) is 5.69. The molecular formula is C20H21FN4O4S. The van der Waals surface area contributed by atoms with Crippen LogP contribution < -0.4 is 9.47 Å². The average molecular weight is 432 g/mol. The molecule has 0 aliphatic carbocycles. The van der Waals surface area contributed by atoms with Crippen molar-refractivity contribution < 1.29 is 22.3 Å². The smallest absolute Gasteiger partial charge is 0.243 e. The van der Waals surface area contributed by atoms with Crippen molar-refractivity contribution in [3.8, 4) is 11.5 Å². The van der Waals surface area contributed by atoms with Crippen molar-refractivity contribution in [2.75, 3.05) is 19.7 Å². The van der Waals surface area contributed by atoms with Crippen LogP contribution in [0.1, 0.15) is 18.7 Å². The Hall–Kier alpha value is -2.98. The van der Waals surface area contributed by atoms with E-state index in [9.17, 15) is 12.8 Å². The monoisotopic (exact) mass is 432 g/mol. The molecule has 0 unspecified atom stereocenters. The first-order valence-corrected chi connectivity index (χ1v) is 10.9. The Balaban J connectivity index is 1.36. The van der Waals surface area contributed by atoms with Gasteiger partial charge in [0.05, 0.1) is 23.7 Å². The van der Waals surface area contributed by atoms with Crippen LogP contribution in [0.25, 0.3) is 0 Å². The molecule has 1 aliphatic heterocycles. The Bertz CT molecular complexity index is 1110. The number of rotatable bonds is 8. The Labute approximate surface area is 173 Å². The summed E-state index contributed by atoms with van der Waals surface area (Å²) in [7, 11) is -3.79. The molecule has 1 fully saturated rings. The minimum absolute atomic E-state index is 0.0332. The Morgan fingerprint density at radius 3 is 2.60 bits per heavy atom. The molecule has 3 aromatic rings. The van der Waals surface area contributed by atoms with E-state index < -0.39 is 15.8 Å². The molecule has 10 heteroatoms. The first kappa shape index (κ1) is 20.3. The van der Waals surface area contributed by atoms with Crippen LogP contribution in [0, 0.1) is 5.82 Å². The van der Waals surface area contributed by atoms with E-state index in [1.165, 1.54) is 16.4 Å². The molecule has 0 N–H and O–H groups in total. The number of halogens is 1. The first-order chi connectivity index (χ1) is 14.5. The first-order valence-electron chi connectivity index (χ1n) is 9.48. The number of aromatic nitrogens is 3. The molecule has 158 valence electrons. The summed E-state index contributed by atoms with van der Waals surface area (Å²) in [5.41, 5.74) is 0.647. The lowest BCUT2D eigenvalue weighted by atomic mass is 10.2. The molecule has 0 bridgehead atoms.